The number of rotatable bonds is 5. The molecule has 1 heterocycles. The van der Waals surface area contributed by atoms with E-state index in [2.05, 4.69) is 14.9 Å². The van der Waals surface area contributed by atoms with Crippen molar-refractivity contribution in [1.29, 1.82) is 0 Å². The Bertz CT molecular complexity index is 587. The molecule has 2 rings (SSSR count). The highest BCUT2D eigenvalue weighted by atomic mass is 16.6. The van der Waals surface area contributed by atoms with Crippen molar-refractivity contribution in [2.45, 2.75) is 13.5 Å². The molecule has 98 valence electrons. The standard InChI is InChI=1S/C13H12N2O4/c1-9-12(15-19-14-9)8-18-11-5-2-10(3-6-11)4-7-13(16)17/h2-7H,8H2,1H3,(H,16,17). The molecule has 1 N–H and O–H groups in total. The Morgan fingerprint density at radius 2 is 2.11 bits per heavy atom. The largest absolute Gasteiger partial charge is 0.487 e. The van der Waals surface area contributed by atoms with Crippen LogP contribution in [-0.4, -0.2) is 21.4 Å². The lowest BCUT2D eigenvalue weighted by Crippen LogP contribution is -1.97. The van der Waals surface area contributed by atoms with Gasteiger partial charge in [-0.3, -0.25) is 0 Å². The Hall–Kier alpha value is -2.63. The minimum Gasteiger partial charge on any atom is -0.487 e. The molecule has 0 aliphatic carbocycles. The van der Waals surface area contributed by atoms with Gasteiger partial charge in [-0.2, -0.15) is 0 Å². The van der Waals surface area contributed by atoms with Gasteiger partial charge in [0.2, 0.25) is 0 Å². The van der Waals surface area contributed by atoms with Gasteiger partial charge in [-0.15, -0.1) is 0 Å². The maximum absolute atomic E-state index is 10.4. The molecule has 0 radical (unpaired) electrons. The number of benzene rings is 1. The highest BCUT2D eigenvalue weighted by Gasteiger charge is 2.05. The molecule has 0 unspecified atom stereocenters. The summed E-state index contributed by atoms with van der Waals surface area (Å²) in [6, 6.07) is 7.04. The van der Waals surface area contributed by atoms with Crippen LogP contribution in [0.15, 0.2) is 35.0 Å². The van der Waals surface area contributed by atoms with E-state index in [0.717, 1.165) is 11.6 Å². The molecule has 0 spiro atoms. The zero-order valence-corrected chi connectivity index (χ0v) is 10.2. The summed E-state index contributed by atoms with van der Waals surface area (Å²) in [5.41, 5.74) is 2.13. The smallest absolute Gasteiger partial charge is 0.328 e. The number of hydrogen-bond donors (Lipinski definition) is 1. The fourth-order valence-corrected chi connectivity index (χ4v) is 1.37. The molecular weight excluding hydrogens is 248 g/mol. The number of carbonyl (C=O) groups is 1. The second-order valence-corrected chi connectivity index (χ2v) is 3.83. The number of aryl methyl sites for hydroxylation is 1. The van der Waals surface area contributed by atoms with Crippen LogP contribution in [0.2, 0.25) is 0 Å². The third-order valence-electron chi connectivity index (χ3n) is 2.42. The van der Waals surface area contributed by atoms with Crippen molar-refractivity contribution in [3.63, 3.8) is 0 Å². The van der Waals surface area contributed by atoms with E-state index in [0.29, 0.717) is 17.1 Å². The lowest BCUT2D eigenvalue weighted by atomic mass is 10.2. The minimum absolute atomic E-state index is 0.277. The molecule has 1 aromatic carbocycles. The van der Waals surface area contributed by atoms with Crippen LogP contribution in [0.25, 0.3) is 6.08 Å². The Morgan fingerprint density at radius 1 is 1.37 bits per heavy atom. The first-order chi connectivity index (χ1) is 9.15. The molecular formula is C13H12N2O4. The Morgan fingerprint density at radius 3 is 2.68 bits per heavy atom. The second-order valence-electron chi connectivity index (χ2n) is 3.83. The van der Waals surface area contributed by atoms with Gasteiger partial charge in [0.1, 0.15) is 23.7 Å². The lowest BCUT2D eigenvalue weighted by Gasteiger charge is -2.04. The van der Waals surface area contributed by atoms with E-state index in [4.69, 9.17) is 9.84 Å². The third-order valence-corrected chi connectivity index (χ3v) is 2.42. The van der Waals surface area contributed by atoms with Crippen molar-refractivity contribution >= 4 is 12.0 Å². The number of carboxylic acid groups (broad SMARTS) is 1. The highest BCUT2D eigenvalue weighted by Crippen LogP contribution is 2.15. The van der Waals surface area contributed by atoms with E-state index >= 15 is 0 Å². The van der Waals surface area contributed by atoms with Crippen LogP contribution in [0.1, 0.15) is 17.0 Å². The number of carboxylic acids is 1. The predicted octanol–water partition coefficient (Wildman–Crippen LogP) is 2.05. The number of nitrogens with zero attached hydrogens (tertiary/aromatic N) is 2. The van der Waals surface area contributed by atoms with E-state index in [9.17, 15) is 4.79 Å². The van der Waals surface area contributed by atoms with Gasteiger partial charge in [-0.05, 0) is 30.7 Å². The van der Waals surface area contributed by atoms with Crippen LogP contribution in [0, 0.1) is 6.92 Å². The van der Waals surface area contributed by atoms with Crippen molar-refractivity contribution in [3.05, 3.63) is 47.3 Å². The molecule has 6 nitrogen and oxygen atoms in total. The zero-order valence-electron chi connectivity index (χ0n) is 10.2. The van der Waals surface area contributed by atoms with Crippen LogP contribution in [-0.2, 0) is 11.4 Å². The number of aromatic nitrogens is 2. The highest BCUT2D eigenvalue weighted by molar-refractivity contribution is 5.85. The molecule has 0 amide bonds. The normalized spacial score (nSPS) is 10.8. The van der Waals surface area contributed by atoms with E-state index in [1.807, 2.05) is 0 Å². The monoisotopic (exact) mass is 260 g/mol. The molecule has 0 saturated carbocycles. The lowest BCUT2D eigenvalue weighted by molar-refractivity contribution is -0.131. The Labute approximate surface area is 109 Å². The minimum atomic E-state index is -0.977. The first kappa shape index (κ1) is 12.8. The van der Waals surface area contributed by atoms with Gasteiger partial charge in [0, 0.05) is 6.08 Å². The summed E-state index contributed by atoms with van der Waals surface area (Å²) in [6.07, 6.45) is 2.60. The third kappa shape index (κ3) is 3.67. The molecule has 2 aromatic rings. The zero-order chi connectivity index (χ0) is 13.7. The summed E-state index contributed by atoms with van der Waals surface area (Å²) >= 11 is 0. The summed E-state index contributed by atoms with van der Waals surface area (Å²) in [5, 5.41) is 15.9. The molecule has 0 atom stereocenters. The van der Waals surface area contributed by atoms with E-state index in [1.165, 1.54) is 6.08 Å². The summed E-state index contributed by atoms with van der Waals surface area (Å²) in [5.74, 6) is -0.316. The van der Waals surface area contributed by atoms with Crippen LogP contribution in [0.5, 0.6) is 5.75 Å². The Balaban J connectivity index is 1.95. The average molecular weight is 260 g/mol. The summed E-state index contributed by atoms with van der Waals surface area (Å²) in [4.78, 5) is 10.4. The molecule has 19 heavy (non-hydrogen) atoms. The number of ether oxygens (including phenoxy) is 1. The average Bonchev–Trinajstić information content (AvgIpc) is 2.81. The van der Waals surface area contributed by atoms with Crippen molar-refractivity contribution < 1.29 is 19.3 Å². The molecule has 0 fully saturated rings. The Kier molecular flexibility index (Phi) is 3.92. The molecule has 0 aliphatic heterocycles. The van der Waals surface area contributed by atoms with Gasteiger partial charge >= 0.3 is 5.97 Å². The van der Waals surface area contributed by atoms with Crippen molar-refractivity contribution in [2.24, 2.45) is 0 Å². The molecule has 0 aliphatic rings. The summed E-state index contributed by atoms with van der Waals surface area (Å²) < 4.78 is 10.1. The number of aliphatic carboxylic acids is 1. The van der Waals surface area contributed by atoms with Crippen LogP contribution in [0.3, 0.4) is 0 Å². The van der Waals surface area contributed by atoms with Gasteiger partial charge in [-0.1, -0.05) is 22.4 Å². The molecule has 0 bridgehead atoms. The fourth-order valence-electron chi connectivity index (χ4n) is 1.37. The summed E-state index contributed by atoms with van der Waals surface area (Å²) in [6.45, 7) is 2.06. The quantitative estimate of drug-likeness (QED) is 0.828. The van der Waals surface area contributed by atoms with Gasteiger partial charge in [-0.25, -0.2) is 9.42 Å². The van der Waals surface area contributed by atoms with Gasteiger partial charge in [0.05, 0.1) is 0 Å². The number of hydrogen-bond acceptors (Lipinski definition) is 5. The summed E-state index contributed by atoms with van der Waals surface area (Å²) in [7, 11) is 0. The molecule has 6 heteroatoms. The topological polar surface area (TPSA) is 85.5 Å². The van der Waals surface area contributed by atoms with E-state index in [-0.39, 0.29) is 6.61 Å². The van der Waals surface area contributed by atoms with Crippen molar-refractivity contribution in [2.75, 3.05) is 0 Å². The van der Waals surface area contributed by atoms with E-state index < -0.39 is 5.97 Å². The van der Waals surface area contributed by atoms with Crippen LogP contribution in [0.4, 0.5) is 0 Å². The molecule has 0 saturated heterocycles. The second kappa shape index (κ2) is 5.81. The van der Waals surface area contributed by atoms with Crippen LogP contribution < -0.4 is 4.74 Å². The van der Waals surface area contributed by atoms with Gasteiger partial charge in [0.15, 0.2) is 0 Å². The van der Waals surface area contributed by atoms with E-state index in [1.54, 1.807) is 31.2 Å². The maximum Gasteiger partial charge on any atom is 0.328 e. The van der Waals surface area contributed by atoms with Gasteiger partial charge in [0.25, 0.3) is 0 Å². The van der Waals surface area contributed by atoms with Crippen LogP contribution >= 0.6 is 0 Å². The fraction of sp³-hybridized carbons (Fsp3) is 0.154. The predicted molar refractivity (Wildman–Crippen MR) is 66.5 cm³/mol. The van der Waals surface area contributed by atoms with Crippen molar-refractivity contribution in [1.82, 2.24) is 10.3 Å². The van der Waals surface area contributed by atoms with Gasteiger partial charge < -0.3 is 9.84 Å². The molecule has 1 aromatic heterocycles. The first-order valence-electron chi connectivity index (χ1n) is 5.57. The maximum atomic E-state index is 10.4. The van der Waals surface area contributed by atoms with Crippen molar-refractivity contribution in [3.8, 4) is 5.75 Å². The SMILES string of the molecule is Cc1nonc1COc1ccc(C=CC(=O)O)cc1. The first-order valence-corrected chi connectivity index (χ1v) is 5.57.